The molecule has 4 aromatic rings. The molecule has 2 heterocycles. The van der Waals surface area contributed by atoms with Crippen molar-refractivity contribution in [3.63, 3.8) is 0 Å². The van der Waals surface area contributed by atoms with E-state index in [-0.39, 0.29) is 11.5 Å². The number of benzene rings is 2. The van der Waals surface area contributed by atoms with Crippen LogP contribution in [0.5, 0.6) is 0 Å². The van der Waals surface area contributed by atoms with Crippen molar-refractivity contribution >= 4 is 33.6 Å². The van der Waals surface area contributed by atoms with E-state index in [4.69, 9.17) is 9.15 Å². The predicted molar refractivity (Wildman–Crippen MR) is 98.5 cm³/mol. The zero-order chi connectivity index (χ0) is 18.3. The molecule has 0 fully saturated rings. The zero-order valence-electron chi connectivity index (χ0n) is 14.4. The molecule has 26 heavy (non-hydrogen) atoms. The van der Waals surface area contributed by atoms with Crippen LogP contribution < -0.4 is 0 Å². The maximum absolute atomic E-state index is 12.9. The van der Waals surface area contributed by atoms with E-state index >= 15 is 0 Å². The number of para-hydroxylation sites is 2. The number of hydrogen-bond donors (Lipinski definition) is 1. The molecule has 0 aliphatic rings. The Balaban J connectivity index is 1.58. The summed E-state index contributed by atoms with van der Waals surface area (Å²) in [5.41, 5.74) is 2.78. The van der Waals surface area contributed by atoms with Gasteiger partial charge in [0.15, 0.2) is 6.10 Å². The van der Waals surface area contributed by atoms with Crippen molar-refractivity contribution in [2.45, 2.75) is 20.0 Å². The van der Waals surface area contributed by atoms with Gasteiger partial charge in [-0.2, -0.15) is 0 Å². The molecule has 0 aliphatic carbocycles. The fourth-order valence-electron chi connectivity index (χ4n) is 3.15. The largest absolute Gasteiger partial charge is 0.449 e. The molecule has 1 N–H and O–H groups in total. The van der Waals surface area contributed by atoms with Crippen molar-refractivity contribution in [3.05, 3.63) is 71.6 Å². The fraction of sp³-hybridized carbons (Fsp3) is 0.143. The molecule has 0 saturated heterocycles. The van der Waals surface area contributed by atoms with Crippen molar-refractivity contribution < 1.29 is 18.7 Å². The quantitative estimate of drug-likeness (QED) is 0.431. The number of carbonyl (C=O) groups excluding carboxylic acids is 2. The highest BCUT2D eigenvalue weighted by molar-refractivity contribution is 6.11. The topological polar surface area (TPSA) is 72.3 Å². The number of Topliss-reactive ketones (excluding diaryl/α,β-unsaturated/α-hetero) is 1. The summed E-state index contributed by atoms with van der Waals surface area (Å²) in [6, 6.07) is 16.5. The van der Waals surface area contributed by atoms with Crippen LogP contribution in [-0.4, -0.2) is 22.8 Å². The fourth-order valence-corrected chi connectivity index (χ4v) is 3.15. The van der Waals surface area contributed by atoms with Gasteiger partial charge in [0, 0.05) is 27.5 Å². The molecule has 0 radical (unpaired) electrons. The highest BCUT2D eigenvalue weighted by Crippen LogP contribution is 2.25. The molecule has 0 amide bonds. The molecule has 5 nitrogen and oxygen atoms in total. The summed E-state index contributed by atoms with van der Waals surface area (Å²) in [6.07, 6.45) is -0.923. The summed E-state index contributed by atoms with van der Waals surface area (Å²) in [5, 5.41) is 1.63. The number of rotatable bonds is 4. The van der Waals surface area contributed by atoms with Crippen LogP contribution in [0.3, 0.4) is 0 Å². The Morgan fingerprint density at radius 2 is 1.81 bits per heavy atom. The summed E-state index contributed by atoms with van der Waals surface area (Å²) in [4.78, 5) is 28.4. The van der Waals surface area contributed by atoms with Gasteiger partial charge in [-0.1, -0.05) is 36.4 Å². The Morgan fingerprint density at radius 1 is 1.08 bits per heavy atom. The Hall–Kier alpha value is -3.34. The standard InChI is InChI=1S/C21H17NO4/c1-12-19(15-8-4-5-9-16(15)22-12)20(23)13(2)25-21(24)18-11-14-7-3-6-10-17(14)26-18/h3-11,13,22H,1-2H3/t13-/m1/s1. The second-order valence-electron chi connectivity index (χ2n) is 6.23. The van der Waals surface area contributed by atoms with Crippen LogP contribution in [0.4, 0.5) is 0 Å². The van der Waals surface area contributed by atoms with Gasteiger partial charge in [-0.15, -0.1) is 0 Å². The van der Waals surface area contributed by atoms with Crippen LogP contribution in [0.2, 0.25) is 0 Å². The highest BCUT2D eigenvalue weighted by Gasteiger charge is 2.26. The molecule has 2 aromatic carbocycles. The van der Waals surface area contributed by atoms with E-state index < -0.39 is 12.1 Å². The molecule has 130 valence electrons. The molecule has 0 spiro atoms. The number of nitrogens with one attached hydrogen (secondary N) is 1. The Bertz CT molecular complexity index is 1100. The normalized spacial score (nSPS) is 12.4. The number of ether oxygens (including phenoxy) is 1. The van der Waals surface area contributed by atoms with E-state index in [9.17, 15) is 9.59 Å². The smallest absolute Gasteiger partial charge is 0.374 e. The minimum Gasteiger partial charge on any atom is -0.449 e. The van der Waals surface area contributed by atoms with Gasteiger partial charge in [0.2, 0.25) is 11.5 Å². The number of ketones is 1. The van der Waals surface area contributed by atoms with Crippen molar-refractivity contribution in [2.75, 3.05) is 0 Å². The van der Waals surface area contributed by atoms with Gasteiger partial charge in [-0.05, 0) is 32.0 Å². The van der Waals surface area contributed by atoms with Gasteiger partial charge in [0.1, 0.15) is 5.58 Å². The maximum Gasteiger partial charge on any atom is 0.374 e. The summed E-state index contributed by atoms with van der Waals surface area (Å²) in [7, 11) is 0. The number of fused-ring (bicyclic) bond motifs is 2. The Morgan fingerprint density at radius 3 is 2.62 bits per heavy atom. The first kappa shape index (κ1) is 16.1. The van der Waals surface area contributed by atoms with Gasteiger partial charge in [-0.3, -0.25) is 4.79 Å². The molecule has 5 heteroatoms. The number of H-pyrrole nitrogens is 1. The van der Waals surface area contributed by atoms with Gasteiger partial charge in [0.05, 0.1) is 0 Å². The number of furan rings is 1. The number of hydrogen-bond acceptors (Lipinski definition) is 4. The van der Waals surface area contributed by atoms with Crippen molar-refractivity contribution in [3.8, 4) is 0 Å². The van der Waals surface area contributed by atoms with E-state index in [1.165, 1.54) is 0 Å². The van der Waals surface area contributed by atoms with Gasteiger partial charge >= 0.3 is 5.97 Å². The average Bonchev–Trinajstić information content (AvgIpc) is 3.21. The molecule has 4 rings (SSSR count). The summed E-state index contributed by atoms with van der Waals surface area (Å²) < 4.78 is 10.9. The van der Waals surface area contributed by atoms with E-state index in [2.05, 4.69) is 4.98 Å². The van der Waals surface area contributed by atoms with Crippen molar-refractivity contribution in [1.82, 2.24) is 4.98 Å². The third-order valence-corrected chi connectivity index (χ3v) is 4.42. The summed E-state index contributed by atoms with van der Waals surface area (Å²) >= 11 is 0. The van der Waals surface area contributed by atoms with E-state index in [0.717, 1.165) is 22.0 Å². The number of carbonyl (C=O) groups is 2. The molecular formula is C21H17NO4. The van der Waals surface area contributed by atoms with E-state index in [1.807, 2.05) is 49.4 Å². The van der Waals surface area contributed by atoms with Gasteiger partial charge in [0.25, 0.3) is 0 Å². The van der Waals surface area contributed by atoms with Crippen LogP contribution in [0.15, 0.2) is 59.0 Å². The zero-order valence-corrected chi connectivity index (χ0v) is 14.4. The molecule has 2 aromatic heterocycles. The van der Waals surface area contributed by atoms with Gasteiger partial charge < -0.3 is 14.1 Å². The maximum atomic E-state index is 12.9. The van der Waals surface area contributed by atoms with Crippen LogP contribution in [-0.2, 0) is 4.74 Å². The lowest BCUT2D eigenvalue weighted by molar-refractivity contribution is 0.0291. The lowest BCUT2D eigenvalue weighted by atomic mass is 10.0. The van der Waals surface area contributed by atoms with Crippen LogP contribution in [0.25, 0.3) is 21.9 Å². The van der Waals surface area contributed by atoms with Gasteiger partial charge in [-0.25, -0.2) is 4.79 Å². The summed E-state index contributed by atoms with van der Waals surface area (Å²) in [5.74, 6) is -0.814. The molecule has 0 saturated carbocycles. The SMILES string of the molecule is Cc1[nH]c2ccccc2c1C(=O)[C@@H](C)OC(=O)c1cc2ccccc2o1. The highest BCUT2D eigenvalue weighted by atomic mass is 16.6. The molecular weight excluding hydrogens is 330 g/mol. The lowest BCUT2D eigenvalue weighted by Crippen LogP contribution is -2.24. The molecule has 0 aliphatic heterocycles. The number of aryl methyl sites for hydroxylation is 1. The van der Waals surface area contributed by atoms with E-state index in [0.29, 0.717) is 11.1 Å². The summed E-state index contributed by atoms with van der Waals surface area (Å²) in [6.45, 7) is 3.41. The third-order valence-electron chi connectivity index (χ3n) is 4.42. The second-order valence-corrected chi connectivity index (χ2v) is 6.23. The molecule has 0 bridgehead atoms. The minimum absolute atomic E-state index is 0.0847. The van der Waals surface area contributed by atoms with Crippen LogP contribution in [0.1, 0.15) is 33.5 Å². The second kappa shape index (κ2) is 6.19. The van der Waals surface area contributed by atoms with Crippen LogP contribution in [0, 0.1) is 6.92 Å². The lowest BCUT2D eigenvalue weighted by Gasteiger charge is -2.11. The van der Waals surface area contributed by atoms with Crippen molar-refractivity contribution in [1.29, 1.82) is 0 Å². The Labute approximate surface area is 149 Å². The average molecular weight is 347 g/mol. The monoisotopic (exact) mass is 347 g/mol. The van der Waals surface area contributed by atoms with Crippen LogP contribution >= 0.6 is 0 Å². The predicted octanol–water partition coefficient (Wildman–Crippen LogP) is 4.65. The number of aromatic amines is 1. The first-order valence-corrected chi connectivity index (χ1v) is 8.35. The first-order chi connectivity index (χ1) is 12.5. The third kappa shape index (κ3) is 2.67. The Kier molecular flexibility index (Phi) is 3.84. The van der Waals surface area contributed by atoms with Crippen molar-refractivity contribution in [2.24, 2.45) is 0 Å². The molecule has 1 atom stereocenters. The minimum atomic E-state index is -0.923. The molecule has 0 unspecified atom stereocenters. The van der Waals surface area contributed by atoms with E-state index in [1.54, 1.807) is 19.1 Å². The number of esters is 1. The number of aromatic nitrogens is 1. The first-order valence-electron chi connectivity index (χ1n) is 8.35.